The van der Waals surface area contributed by atoms with Crippen LogP contribution in [0.2, 0.25) is 0 Å². The van der Waals surface area contributed by atoms with Gasteiger partial charge >= 0.3 is 12.1 Å². The van der Waals surface area contributed by atoms with Gasteiger partial charge in [0.15, 0.2) is 0 Å². The lowest BCUT2D eigenvalue weighted by atomic mass is 10.1. The number of rotatable bonds is 4. The minimum atomic E-state index is -1.11. The molecule has 7 heteroatoms. The summed E-state index contributed by atoms with van der Waals surface area (Å²) in [6, 6.07) is 4.01. The van der Waals surface area contributed by atoms with E-state index in [1.807, 2.05) is 0 Å². The molecule has 2 aromatic rings. The first-order chi connectivity index (χ1) is 11.5. The fourth-order valence-electron chi connectivity index (χ4n) is 2.63. The number of nitrogens with zero attached hydrogens (tertiary/aromatic N) is 1. The van der Waals surface area contributed by atoms with Crippen molar-refractivity contribution in [3.05, 3.63) is 35.3 Å². The first-order valence-corrected chi connectivity index (χ1v) is 8.01. The molecule has 0 aliphatic rings. The van der Waals surface area contributed by atoms with E-state index in [-0.39, 0.29) is 24.1 Å². The molecule has 0 bridgehead atoms. The Morgan fingerprint density at radius 2 is 1.96 bits per heavy atom. The van der Waals surface area contributed by atoms with Crippen LogP contribution in [0.3, 0.4) is 0 Å². The highest BCUT2D eigenvalue weighted by atomic mass is 19.1. The molecule has 0 saturated heterocycles. The quantitative estimate of drug-likeness (QED) is 0.877. The van der Waals surface area contributed by atoms with Crippen LogP contribution in [0.1, 0.15) is 49.8 Å². The zero-order valence-electron chi connectivity index (χ0n) is 15.0. The van der Waals surface area contributed by atoms with Crippen LogP contribution in [0, 0.1) is 12.7 Å². The summed E-state index contributed by atoms with van der Waals surface area (Å²) in [4.78, 5) is 23.4. The van der Waals surface area contributed by atoms with E-state index in [0.29, 0.717) is 16.5 Å². The molecule has 1 aromatic carbocycles. The van der Waals surface area contributed by atoms with Crippen molar-refractivity contribution in [3.63, 3.8) is 0 Å². The lowest BCUT2D eigenvalue weighted by molar-refractivity contribution is 0.0521. The fourth-order valence-corrected chi connectivity index (χ4v) is 2.63. The highest BCUT2D eigenvalue weighted by molar-refractivity contribution is 5.95. The predicted octanol–water partition coefficient (Wildman–Crippen LogP) is 3.87. The highest BCUT2D eigenvalue weighted by Gasteiger charge is 2.21. The molecular weight excluding hydrogens is 327 g/mol. The van der Waals surface area contributed by atoms with Crippen LogP contribution in [0.4, 0.5) is 9.18 Å². The number of aromatic carboxylic acids is 1. The third-order valence-electron chi connectivity index (χ3n) is 3.72. The number of alkyl carbamates (subject to hydrolysis) is 1. The number of hydrogen-bond donors (Lipinski definition) is 2. The van der Waals surface area contributed by atoms with Gasteiger partial charge in [0.2, 0.25) is 0 Å². The van der Waals surface area contributed by atoms with Gasteiger partial charge in [-0.2, -0.15) is 0 Å². The van der Waals surface area contributed by atoms with E-state index in [1.165, 1.54) is 12.1 Å². The van der Waals surface area contributed by atoms with E-state index in [9.17, 15) is 19.1 Å². The second kappa shape index (κ2) is 6.74. The molecule has 2 N–H and O–H groups in total. The Hall–Kier alpha value is -2.57. The number of ether oxygens (including phenoxy) is 1. The molecule has 136 valence electrons. The van der Waals surface area contributed by atoms with Gasteiger partial charge in [0, 0.05) is 23.5 Å². The molecule has 2 rings (SSSR count). The first-order valence-electron chi connectivity index (χ1n) is 8.01. The number of aromatic nitrogens is 1. The Kier molecular flexibility index (Phi) is 5.06. The molecule has 1 amide bonds. The van der Waals surface area contributed by atoms with Gasteiger partial charge in [0.05, 0.1) is 0 Å². The molecule has 0 fully saturated rings. The summed E-state index contributed by atoms with van der Waals surface area (Å²) in [5.74, 6) is -1.50. The normalized spacial score (nSPS) is 12.9. The van der Waals surface area contributed by atoms with Crippen molar-refractivity contribution in [1.82, 2.24) is 9.88 Å². The van der Waals surface area contributed by atoms with Crippen LogP contribution in [-0.2, 0) is 4.74 Å². The number of carbonyl (C=O) groups is 2. The minimum absolute atomic E-state index is 0.0403. The third kappa shape index (κ3) is 4.29. The lowest BCUT2D eigenvalue weighted by Gasteiger charge is -2.22. The van der Waals surface area contributed by atoms with Gasteiger partial charge in [-0.3, -0.25) is 0 Å². The number of amides is 1. The van der Waals surface area contributed by atoms with Gasteiger partial charge in [-0.15, -0.1) is 0 Å². The third-order valence-corrected chi connectivity index (χ3v) is 3.72. The molecular formula is C18H23FN2O4. The zero-order valence-corrected chi connectivity index (χ0v) is 15.0. The minimum Gasteiger partial charge on any atom is -0.477 e. The Morgan fingerprint density at radius 3 is 2.52 bits per heavy atom. The van der Waals surface area contributed by atoms with Gasteiger partial charge < -0.3 is 19.7 Å². The Labute approximate surface area is 145 Å². The number of carbonyl (C=O) groups excluding carboxylic acids is 1. The maximum absolute atomic E-state index is 13.8. The second-order valence-corrected chi connectivity index (χ2v) is 7.10. The first kappa shape index (κ1) is 18.8. The summed E-state index contributed by atoms with van der Waals surface area (Å²) < 4.78 is 20.5. The number of aryl methyl sites for hydroxylation is 1. The predicted molar refractivity (Wildman–Crippen MR) is 92.5 cm³/mol. The number of hydrogen-bond acceptors (Lipinski definition) is 3. The number of halogens is 1. The average molecular weight is 350 g/mol. The van der Waals surface area contributed by atoms with Gasteiger partial charge in [-0.1, -0.05) is 0 Å². The molecule has 1 unspecified atom stereocenters. The van der Waals surface area contributed by atoms with Crippen molar-refractivity contribution in [2.45, 2.75) is 46.3 Å². The van der Waals surface area contributed by atoms with Crippen LogP contribution < -0.4 is 5.32 Å². The summed E-state index contributed by atoms with van der Waals surface area (Å²) in [5, 5.41) is 12.6. The molecule has 6 nitrogen and oxygen atoms in total. The topological polar surface area (TPSA) is 80.6 Å². The van der Waals surface area contributed by atoms with E-state index < -0.39 is 17.7 Å². The smallest absolute Gasteiger partial charge is 0.407 e. The fraction of sp³-hybridized carbons (Fsp3) is 0.444. The molecule has 1 aromatic heterocycles. The summed E-state index contributed by atoms with van der Waals surface area (Å²) in [7, 11) is 0. The maximum atomic E-state index is 13.8. The molecule has 0 saturated carbocycles. The maximum Gasteiger partial charge on any atom is 0.407 e. The lowest BCUT2D eigenvalue weighted by Crippen LogP contribution is -2.35. The van der Waals surface area contributed by atoms with Crippen molar-refractivity contribution in [3.8, 4) is 0 Å². The molecule has 25 heavy (non-hydrogen) atoms. The van der Waals surface area contributed by atoms with E-state index in [1.54, 1.807) is 45.3 Å². The van der Waals surface area contributed by atoms with Crippen LogP contribution >= 0.6 is 0 Å². The number of fused-ring (bicyclic) bond motifs is 1. The van der Waals surface area contributed by atoms with E-state index in [4.69, 9.17) is 4.74 Å². The average Bonchev–Trinajstić information content (AvgIpc) is 2.82. The summed E-state index contributed by atoms with van der Waals surface area (Å²) >= 11 is 0. The summed E-state index contributed by atoms with van der Waals surface area (Å²) in [5.41, 5.74) is 0.457. The van der Waals surface area contributed by atoms with Gasteiger partial charge in [0.25, 0.3) is 0 Å². The van der Waals surface area contributed by atoms with Crippen LogP contribution in [-0.4, -0.2) is 33.9 Å². The van der Waals surface area contributed by atoms with Crippen molar-refractivity contribution < 1.29 is 23.8 Å². The molecule has 0 radical (unpaired) electrons. The number of benzene rings is 1. The zero-order chi connectivity index (χ0) is 18.9. The van der Waals surface area contributed by atoms with Crippen molar-refractivity contribution in [2.75, 3.05) is 6.54 Å². The molecule has 0 aliphatic carbocycles. The van der Waals surface area contributed by atoms with E-state index in [2.05, 4.69) is 5.32 Å². The molecule has 1 heterocycles. The highest BCUT2D eigenvalue weighted by Crippen LogP contribution is 2.27. The van der Waals surface area contributed by atoms with Gasteiger partial charge in [0.1, 0.15) is 17.1 Å². The number of nitrogens with one attached hydrogen (secondary N) is 1. The van der Waals surface area contributed by atoms with E-state index in [0.717, 1.165) is 0 Å². The SMILES string of the molecule is Cc1cc2c(cc1F)cc(C(=O)O)n2C(C)CNC(=O)OC(C)(C)C. The number of carboxylic acid groups (broad SMARTS) is 1. The van der Waals surface area contributed by atoms with E-state index >= 15 is 0 Å². The summed E-state index contributed by atoms with van der Waals surface area (Å²) in [6.07, 6.45) is -0.574. The van der Waals surface area contributed by atoms with Crippen LogP contribution in [0.15, 0.2) is 18.2 Å². The second-order valence-electron chi connectivity index (χ2n) is 7.10. The number of carboxylic acids is 1. The Bertz CT molecular complexity index is 821. The Morgan fingerprint density at radius 1 is 1.32 bits per heavy atom. The van der Waals surface area contributed by atoms with Gasteiger partial charge in [-0.25, -0.2) is 14.0 Å². The van der Waals surface area contributed by atoms with Gasteiger partial charge in [-0.05, 0) is 58.4 Å². The molecule has 0 spiro atoms. The van der Waals surface area contributed by atoms with Crippen molar-refractivity contribution >= 4 is 23.0 Å². The summed E-state index contributed by atoms with van der Waals surface area (Å²) in [6.45, 7) is 8.85. The molecule has 0 aliphatic heterocycles. The Balaban J connectivity index is 2.32. The van der Waals surface area contributed by atoms with Crippen LogP contribution in [0.25, 0.3) is 10.9 Å². The largest absolute Gasteiger partial charge is 0.477 e. The van der Waals surface area contributed by atoms with Crippen molar-refractivity contribution in [1.29, 1.82) is 0 Å². The van der Waals surface area contributed by atoms with Crippen LogP contribution in [0.5, 0.6) is 0 Å². The standard InChI is InChI=1S/C18H23FN2O4/c1-10-6-14-12(7-13(10)19)8-15(16(22)23)21(14)11(2)9-20-17(24)25-18(3,4)5/h6-8,11H,9H2,1-5H3,(H,20,24)(H,22,23). The molecule has 1 atom stereocenters. The monoisotopic (exact) mass is 350 g/mol. The van der Waals surface area contributed by atoms with Crippen molar-refractivity contribution in [2.24, 2.45) is 0 Å².